The lowest BCUT2D eigenvalue weighted by Gasteiger charge is -2.06. The molecule has 1 aromatic carbocycles. The van der Waals surface area contributed by atoms with Gasteiger partial charge in [0.2, 0.25) is 0 Å². The number of nitro groups is 1. The highest BCUT2D eigenvalue weighted by atomic mass is 35.5. The lowest BCUT2D eigenvalue weighted by molar-refractivity contribution is -0.385. The van der Waals surface area contributed by atoms with Crippen LogP contribution in [0.1, 0.15) is 0 Å². The van der Waals surface area contributed by atoms with Crippen molar-refractivity contribution in [2.24, 2.45) is 0 Å². The number of epoxide rings is 1. The maximum Gasteiger partial charge on any atom is 0.312 e. The SMILES string of the molecule is O=[N+]([O-])c1cc(Cl)c(Cl)cc1OC[C@H]1CO1. The van der Waals surface area contributed by atoms with E-state index in [4.69, 9.17) is 32.7 Å². The second-order valence-electron chi connectivity index (χ2n) is 3.26. The molecule has 0 aliphatic carbocycles. The van der Waals surface area contributed by atoms with Gasteiger partial charge in [0, 0.05) is 12.1 Å². The van der Waals surface area contributed by atoms with Gasteiger partial charge in [0.15, 0.2) is 5.75 Å². The van der Waals surface area contributed by atoms with Crippen molar-refractivity contribution in [1.29, 1.82) is 0 Å². The third-order valence-electron chi connectivity index (χ3n) is 2.03. The van der Waals surface area contributed by atoms with Gasteiger partial charge in [-0.1, -0.05) is 23.2 Å². The van der Waals surface area contributed by atoms with E-state index in [0.717, 1.165) is 0 Å². The number of benzene rings is 1. The number of hydrogen-bond acceptors (Lipinski definition) is 4. The summed E-state index contributed by atoms with van der Waals surface area (Å²) in [5.74, 6) is 0.106. The summed E-state index contributed by atoms with van der Waals surface area (Å²) >= 11 is 11.4. The van der Waals surface area contributed by atoms with Crippen LogP contribution in [0.5, 0.6) is 5.75 Å². The molecule has 5 nitrogen and oxygen atoms in total. The number of halogens is 2. The Bertz CT molecular complexity index is 434. The highest BCUT2D eigenvalue weighted by molar-refractivity contribution is 6.42. The first-order chi connectivity index (χ1) is 7.58. The molecule has 1 aliphatic rings. The van der Waals surface area contributed by atoms with Gasteiger partial charge in [-0.15, -0.1) is 0 Å². The van der Waals surface area contributed by atoms with E-state index in [0.29, 0.717) is 6.61 Å². The summed E-state index contributed by atoms with van der Waals surface area (Å²) in [5, 5.41) is 11.1. The molecule has 0 aromatic heterocycles. The molecule has 2 rings (SSSR count). The predicted molar refractivity (Wildman–Crippen MR) is 58.4 cm³/mol. The van der Waals surface area contributed by atoms with Crippen molar-refractivity contribution < 1.29 is 14.4 Å². The minimum absolute atomic E-state index is 0.0223. The first kappa shape index (κ1) is 11.4. The van der Waals surface area contributed by atoms with Gasteiger partial charge >= 0.3 is 5.69 Å². The Labute approximate surface area is 101 Å². The number of nitrogens with zero attached hydrogens (tertiary/aromatic N) is 1. The second-order valence-corrected chi connectivity index (χ2v) is 4.07. The fourth-order valence-corrected chi connectivity index (χ4v) is 1.43. The summed E-state index contributed by atoms with van der Waals surface area (Å²) in [6, 6.07) is 2.51. The molecule has 0 unspecified atom stereocenters. The van der Waals surface area contributed by atoms with Crippen molar-refractivity contribution in [3.63, 3.8) is 0 Å². The van der Waals surface area contributed by atoms with E-state index in [1.54, 1.807) is 0 Å². The monoisotopic (exact) mass is 263 g/mol. The largest absolute Gasteiger partial charge is 0.484 e. The molecule has 0 amide bonds. The molecule has 0 spiro atoms. The predicted octanol–water partition coefficient (Wildman–Crippen LogP) is 2.68. The lowest BCUT2D eigenvalue weighted by Crippen LogP contribution is -2.05. The van der Waals surface area contributed by atoms with Gasteiger partial charge in [-0.2, -0.15) is 0 Å². The normalized spacial score (nSPS) is 18.2. The van der Waals surface area contributed by atoms with E-state index in [1.807, 2.05) is 0 Å². The number of ether oxygens (including phenoxy) is 2. The summed E-state index contributed by atoms with van der Waals surface area (Å²) in [5.41, 5.74) is -0.199. The molecule has 1 fully saturated rings. The van der Waals surface area contributed by atoms with Crippen molar-refractivity contribution in [3.8, 4) is 5.75 Å². The minimum Gasteiger partial charge on any atom is -0.484 e. The molecular weight excluding hydrogens is 257 g/mol. The summed E-state index contributed by atoms with van der Waals surface area (Å²) in [6.45, 7) is 0.897. The first-order valence-electron chi connectivity index (χ1n) is 4.46. The van der Waals surface area contributed by atoms with E-state index >= 15 is 0 Å². The zero-order chi connectivity index (χ0) is 11.7. The zero-order valence-electron chi connectivity index (χ0n) is 7.98. The summed E-state index contributed by atoms with van der Waals surface area (Å²) in [6.07, 6.45) is 0.0223. The average Bonchev–Trinajstić information content (AvgIpc) is 3.02. The molecule has 86 valence electrons. The fraction of sp³-hybridized carbons (Fsp3) is 0.333. The van der Waals surface area contributed by atoms with E-state index in [1.165, 1.54) is 12.1 Å². The molecule has 1 aliphatic heterocycles. The van der Waals surface area contributed by atoms with Crippen molar-refractivity contribution in [3.05, 3.63) is 32.3 Å². The molecule has 1 atom stereocenters. The van der Waals surface area contributed by atoms with Crippen molar-refractivity contribution >= 4 is 28.9 Å². The van der Waals surface area contributed by atoms with Crippen LogP contribution < -0.4 is 4.74 Å². The standard InChI is InChI=1S/C9H7Cl2NO4/c10-6-1-8(12(13)14)9(2-7(6)11)16-4-5-3-15-5/h1-2,5H,3-4H2/t5-/m1/s1. The van der Waals surface area contributed by atoms with Gasteiger partial charge in [-0.25, -0.2) is 0 Å². The van der Waals surface area contributed by atoms with Crippen LogP contribution in [0.4, 0.5) is 5.69 Å². The van der Waals surface area contributed by atoms with Crippen LogP contribution >= 0.6 is 23.2 Å². The fourth-order valence-electron chi connectivity index (χ4n) is 1.12. The van der Waals surface area contributed by atoms with Gasteiger partial charge in [-0.3, -0.25) is 10.1 Å². The Morgan fingerprint density at radius 1 is 1.50 bits per heavy atom. The van der Waals surface area contributed by atoms with Gasteiger partial charge in [0.1, 0.15) is 12.7 Å². The first-order valence-corrected chi connectivity index (χ1v) is 5.21. The van der Waals surface area contributed by atoms with Crippen LogP contribution in [-0.2, 0) is 4.74 Å². The quantitative estimate of drug-likeness (QED) is 0.476. The maximum atomic E-state index is 10.7. The van der Waals surface area contributed by atoms with Crippen LogP contribution in [0.3, 0.4) is 0 Å². The van der Waals surface area contributed by atoms with E-state index in [-0.39, 0.29) is 34.2 Å². The average molecular weight is 264 g/mol. The third-order valence-corrected chi connectivity index (χ3v) is 2.75. The molecule has 1 aromatic rings. The zero-order valence-corrected chi connectivity index (χ0v) is 9.49. The molecule has 1 saturated heterocycles. The van der Waals surface area contributed by atoms with Gasteiger partial charge < -0.3 is 9.47 Å². The Balaban J connectivity index is 2.24. The Morgan fingerprint density at radius 3 is 2.69 bits per heavy atom. The molecule has 0 saturated carbocycles. The van der Waals surface area contributed by atoms with Crippen molar-refractivity contribution in [2.45, 2.75) is 6.10 Å². The second kappa shape index (κ2) is 4.45. The van der Waals surface area contributed by atoms with Crippen molar-refractivity contribution in [1.82, 2.24) is 0 Å². The van der Waals surface area contributed by atoms with Crippen LogP contribution in [-0.4, -0.2) is 24.2 Å². The van der Waals surface area contributed by atoms with Gasteiger partial charge in [0.25, 0.3) is 0 Å². The Hall–Kier alpha value is -1.04. The van der Waals surface area contributed by atoms with E-state index in [9.17, 15) is 10.1 Å². The number of nitro benzene ring substituents is 1. The van der Waals surface area contributed by atoms with Crippen LogP contribution in [0.25, 0.3) is 0 Å². The summed E-state index contributed by atoms with van der Waals surface area (Å²) in [4.78, 5) is 10.2. The maximum absolute atomic E-state index is 10.7. The number of rotatable bonds is 4. The van der Waals surface area contributed by atoms with E-state index in [2.05, 4.69) is 0 Å². The van der Waals surface area contributed by atoms with Gasteiger partial charge in [-0.05, 0) is 0 Å². The van der Waals surface area contributed by atoms with E-state index < -0.39 is 4.92 Å². The smallest absolute Gasteiger partial charge is 0.312 e. The third kappa shape index (κ3) is 2.55. The minimum atomic E-state index is -0.564. The Kier molecular flexibility index (Phi) is 3.18. The number of hydrogen-bond donors (Lipinski definition) is 0. The van der Waals surface area contributed by atoms with Gasteiger partial charge in [0.05, 0.1) is 21.6 Å². The van der Waals surface area contributed by atoms with Crippen LogP contribution in [0.2, 0.25) is 10.0 Å². The highest BCUT2D eigenvalue weighted by Crippen LogP contribution is 2.35. The van der Waals surface area contributed by atoms with Crippen molar-refractivity contribution in [2.75, 3.05) is 13.2 Å². The highest BCUT2D eigenvalue weighted by Gasteiger charge is 2.25. The lowest BCUT2D eigenvalue weighted by atomic mass is 10.3. The molecule has 7 heteroatoms. The van der Waals surface area contributed by atoms with Crippen LogP contribution in [0, 0.1) is 10.1 Å². The summed E-state index contributed by atoms with van der Waals surface area (Å²) in [7, 11) is 0. The molecule has 1 heterocycles. The molecule has 0 bridgehead atoms. The summed E-state index contributed by atoms with van der Waals surface area (Å²) < 4.78 is 10.2. The Morgan fingerprint density at radius 2 is 2.12 bits per heavy atom. The molecular formula is C9H7Cl2NO4. The van der Waals surface area contributed by atoms with Crippen LogP contribution in [0.15, 0.2) is 12.1 Å². The molecule has 16 heavy (non-hydrogen) atoms. The molecule has 0 N–H and O–H groups in total. The molecule has 0 radical (unpaired) electrons. The topological polar surface area (TPSA) is 64.9 Å².